The lowest BCUT2D eigenvalue weighted by Gasteiger charge is -2.37. The number of aliphatic hydroxyl groups excluding tert-OH is 1. The molecule has 88 heavy (non-hydrogen) atoms. The van der Waals surface area contributed by atoms with E-state index in [4.69, 9.17) is 30.8 Å². The van der Waals surface area contributed by atoms with Crippen LogP contribution in [0.5, 0.6) is 0 Å². The topological polar surface area (TPSA) is 365 Å². The third-order valence-corrected chi connectivity index (χ3v) is 18.8. The first kappa shape index (κ1) is 79.5. The summed E-state index contributed by atoms with van der Waals surface area (Å²) < 4.78 is 19.5. The minimum Gasteiger partial charge on any atom is -0.464 e. The van der Waals surface area contributed by atoms with Gasteiger partial charge in [0.15, 0.2) is 23.8 Å². The van der Waals surface area contributed by atoms with Crippen LogP contribution in [0, 0.1) is 47.3 Å². The molecule has 0 bridgehead atoms. The second-order valence-corrected chi connectivity index (χ2v) is 25.9. The molecule has 12 atom stereocenters. The highest BCUT2D eigenvalue weighted by Crippen LogP contribution is 2.35. The molecule has 0 aliphatic carbocycles. The summed E-state index contributed by atoms with van der Waals surface area (Å²) in [4.78, 5) is 109. The Balaban J connectivity index is 0.000000667. The molecule has 490 valence electrons. The second kappa shape index (κ2) is 41.6. The molecule has 0 radical (unpaired) electrons. The molecule has 3 rings (SSSR count). The third-order valence-electron chi connectivity index (χ3n) is 15.7. The number of esters is 4. The number of carbonyl (C=O) groups excluding carboxylic acids is 7. The molecular weight excluding hydrogens is 1190 g/mol. The van der Waals surface area contributed by atoms with Crippen LogP contribution in [0.4, 0.5) is 0 Å². The van der Waals surface area contributed by atoms with Crippen molar-refractivity contribution in [1.82, 2.24) is 19.9 Å². The molecule has 0 spiro atoms. The highest BCUT2D eigenvalue weighted by molar-refractivity contribution is 7.10. The molecule has 3 aromatic rings. The van der Waals surface area contributed by atoms with Gasteiger partial charge in [0.05, 0.1) is 43.4 Å². The van der Waals surface area contributed by atoms with Crippen LogP contribution in [0.2, 0.25) is 0 Å². The van der Waals surface area contributed by atoms with E-state index in [1.165, 1.54) is 60.2 Å². The van der Waals surface area contributed by atoms with Gasteiger partial charge in [-0.3, -0.25) is 19.2 Å². The SMILES string of the molecule is CCC(C)C(N=[N+]=[N-])C(=O)C[C@H](C[C@@H](C)c1nc(C(=O)OC)cs1)C(C)C.CCC(C)C(N=[N+]=[N-])C(=O)C[C@H](C[C@@H](O)c1nc(C(=O)OC)cs1)C(C)C.CCCC(=O)OCN(C(=O)C(N=[N+]=[N-])C(C)CC)[C@H](C[C@@H](C)c1nc(C(=O)OC)cs1)C(C)C. The first-order valence-electron chi connectivity index (χ1n) is 30.0. The number of ether oxygens (including phenoxy) is 4. The third kappa shape index (κ3) is 25.9. The van der Waals surface area contributed by atoms with Crippen LogP contribution >= 0.6 is 34.0 Å². The largest absolute Gasteiger partial charge is 0.464 e. The standard InChI is InChI=1S/C23H37N5O5S.C19H30N4O3S.C18H28N4O4S/c1-8-10-19(29)33-13-28(22(30)20(26-27-24)15(5)9-2)18(14(3)4)11-16(6)21-25-17(12-34-21)23(31)32-7;1-7-12(4)17(22-23-20)16(24)9-14(11(2)3)8-13(5)18-21-15(10-27-18)19(25)26-6;1-6-11(4)16(21-22-19)14(23)7-12(10(2)3)8-15(24)17-20-13(9-27-17)18(25)26-5/h12,14-16,18,20H,8-11,13H2,1-7H3;10-14,17H,7-9H2,1-6H3;9-12,15-16,24H,6-8H2,1-5H3/t15?,16-,18-,20?;12?,13-,14+,17?;11?,12-,15-,16?/m111/s1. The number of aliphatic hydroxyl groups is 1. The van der Waals surface area contributed by atoms with Crippen molar-refractivity contribution < 1.29 is 57.6 Å². The van der Waals surface area contributed by atoms with E-state index >= 15 is 0 Å². The van der Waals surface area contributed by atoms with Crippen LogP contribution < -0.4 is 0 Å². The molecule has 28 heteroatoms. The van der Waals surface area contributed by atoms with Gasteiger partial charge in [-0.1, -0.05) is 138 Å². The van der Waals surface area contributed by atoms with Gasteiger partial charge < -0.3 is 29.0 Å². The minimum atomic E-state index is -0.901. The van der Waals surface area contributed by atoms with Crippen LogP contribution in [0.1, 0.15) is 232 Å². The molecule has 0 aliphatic heterocycles. The molecule has 6 unspecified atom stereocenters. The maximum absolute atomic E-state index is 13.6. The van der Waals surface area contributed by atoms with Crippen molar-refractivity contribution in [2.45, 2.75) is 210 Å². The van der Waals surface area contributed by atoms with Crippen LogP contribution in [0.25, 0.3) is 31.3 Å². The number of aromatic nitrogens is 3. The highest BCUT2D eigenvalue weighted by atomic mass is 32.1. The Hall–Kier alpha value is -6.53. The Bertz CT molecular complexity index is 2710. The van der Waals surface area contributed by atoms with E-state index in [1.54, 1.807) is 16.1 Å². The maximum atomic E-state index is 13.6. The van der Waals surface area contributed by atoms with Crippen molar-refractivity contribution in [1.29, 1.82) is 0 Å². The molecule has 1 N–H and O–H groups in total. The predicted molar refractivity (Wildman–Crippen MR) is 340 cm³/mol. The second-order valence-electron chi connectivity index (χ2n) is 23.2. The summed E-state index contributed by atoms with van der Waals surface area (Å²) in [6.07, 6.45) is 4.42. The van der Waals surface area contributed by atoms with Crippen molar-refractivity contribution >= 4 is 75.4 Å². The minimum absolute atomic E-state index is 0.00226. The van der Waals surface area contributed by atoms with Crippen LogP contribution in [0.15, 0.2) is 31.5 Å². The number of thiazole rings is 3. The van der Waals surface area contributed by atoms with Gasteiger partial charge >= 0.3 is 23.9 Å². The molecule has 25 nitrogen and oxygen atoms in total. The molecule has 1 amide bonds. The first-order chi connectivity index (χ1) is 41.6. The molecule has 0 saturated heterocycles. The van der Waals surface area contributed by atoms with Gasteiger partial charge in [0.25, 0.3) is 0 Å². The van der Waals surface area contributed by atoms with Gasteiger partial charge in [-0.05, 0) is 89.6 Å². The quantitative estimate of drug-likeness (QED) is 0.0141. The van der Waals surface area contributed by atoms with E-state index in [2.05, 4.69) is 70.5 Å². The van der Waals surface area contributed by atoms with E-state index in [9.17, 15) is 38.7 Å². The lowest BCUT2D eigenvalue weighted by molar-refractivity contribution is -0.157. The van der Waals surface area contributed by atoms with Crippen molar-refractivity contribution in [3.63, 3.8) is 0 Å². The lowest BCUT2D eigenvalue weighted by Crippen LogP contribution is -2.50. The fourth-order valence-corrected chi connectivity index (χ4v) is 11.8. The summed E-state index contributed by atoms with van der Waals surface area (Å²) in [5.41, 5.74) is 27.3. The number of methoxy groups -OCH3 is 3. The summed E-state index contributed by atoms with van der Waals surface area (Å²) in [6, 6.07) is -2.52. The number of nitrogens with zero attached hydrogens (tertiary/aromatic N) is 13. The molecular formula is C60H95N13O12S3. The van der Waals surface area contributed by atoms with Crippen LogP contribution in [0.3, 0.4) is 0 Å². The fourth-order valence-electron chi connectivity index (χ4n) is 9.31. The van der Waals surface area contributed by atoms with E-state index in [-0.39, 0.29) is 114 Å². The zero-order valence-corrected chi connectivity index (χ0v) is 57.1. The normalized spacial score (nSPS) is 15.1. The first-order valence-corrected chi connectivity index (χ1v) is 32.7. The summed E-state index contributed by atoms with van der Waals surface area (Å²) in [7, 11) is 3.92. The van der Waals surface area contributed by atoms with Gasteiger partial charge in [0, 0.05) is 68.0 Å². The van der Waals surface area contributed by atoms with Crippen LogP contribution in [-0.4, -0.2) is 119 Å². The Morgan fingerprint density at radius 2 is 0.909 bits per heavy atom. The van der Waals surface area contributed by atoms with Gasteiger partial charge in [-0.25, -0.2) is 29.3 Å². The highest BCUT2D eigenvalue weighted by Gasteiger charge is 2.36. The summed E-state index contributed by atoms with van der Waals surface area (Å²) in [5, 5.41) is 28.6. The van der Waals surface area contributed by atoms with Crippen LogP contribution in [-0.2, 0) is 38.1 Å². The zero-order valence-electron chi connectivity index (χ0n) is 54.6. The molecule has 3 aromatic heterocycles. The fraction of sp³-hybridized carbons (Fsp3) is 0.733. The summed E-state index contributed by atoms with van der Waals surface area (Å²) >= 11 is 3.97. The van der Waals surface area contributed by atoms with Gasteiger partial charge in [-0.15, -0.1) is 34.0 Å². The van der Waals surface area contributed by atoms with Gasteiger partial charge in [0.1, 0.15) is 28.7 Å². The number of Topliss-reactive ketones (excluding diaryl/α,β-unsaturated/α-hetero) is 2. The summed E-state index contributed by atoms with van der Waals surface area (Å²) in [6.45, 7) is 29.4. The Morgan fingerprint density at radius 1 is 0.545 bits per heavy atom. The summed E-state index contributed by atoms with van der Waals surface area (Å²) in [5.74, 6) is -1.98. The molecule has 0 aromatic carbocycles. The van der Waals surface area contributed by atoms with Crippen molar-refractivity contribution in [3.05, 3.63) is 79.6 Å². The molecule has 0 fully saturated rings. The number of amides is 1. The molecule has 0 aliphatic rings. The number of azide groups is 3. The monoisotopic (exact) mass is 1290 g/mol. The Morgan fingerprint density at radius 3 is 1.27 bits per heavy atom. The Labute approximate surface area is 530 Å². The zero-order chi connectivity index (χ0) is 67.0. The molecule has 0 saturated carbocycles. The lowest BCUT2D eigenvalue weighted by atomic mass is 9.81. The molecule has 3 heterocycles. The number of ketones is 2. The van der Waals surface area contributed by atoms with Crippen molar-refractivity contribution in [3.8, 4) is 0 Å². The number of carbonyl (C=O) groups is 7. The average molecular weight is 1290 g/mol. The van der Waals surface area contributed by atoms with Crippen molar-refractivity contribution in [2.24, 2.45) is 62.7 Å². The maximum Gasteiger partial charge on any atom is 0.357 e. The van der Waals surface area contributed by atoms with E-state index < -0.39 is 42.1 Å². The van der Waals surface area contributed by atoms with E-state index in [1.807, 2.05) is 83.1 Å². The number of hydrogen-bond donors (Lipinski definition) is 1. The Kier molecular flexibility index (Phi) is 37.6. The number of hydrogen-bond acceptors (Lipinski definition) is 21. The van der Waals surface area contributed by atoms with E-state index in [0.717, 1.165) is 29.3 Å². The number of rotatable bonds is 36. The smallest absolute Gasteiger partial charge is 0.357 e. The van der Waals surface area contributed by atoms with Gasteiger partial charge in [0.2, 0.25) is 5.91 Å². The average Bonchev–Trinajstić information content (AvgIpc) is 2.04. The van der Waals surface area contributed by atoms with Crippen molar-refractivity contribution in [2.75, 3.05) is 28.1 Å². The predicted octanol–water partition coefficient (Wildman–Crippen LogP) is 15.0. The van der Waals surface area contributed by atoms with Gasteiger partial charge in [-0.2, -0.15) is 0 Å². The van der Waals surface area contributed by atoms with E-state index in [0.29, 0.717) is 48.7 Å².